The van der Waals surface area contributed by atoms with Crippen LogP contribution in [0.2, 0.25) is 5.28 Å². The third-order valence-electron chi connectivity index (χ3n) is 3.53. The predicted molar refractivity (Wildman–Crippen MR) is 106 cm³/mol. The normalized spacial score (nSPS) is 11.7. The quantitative estimate of drug-likeness (QED) is 0.522. The van der Waals surface area contributed by atoms with Crippen LogP contribution in [-0.2, 0) is 13.0 Å². The molecule has 3 heterocycles. The lowest BCUT2D eigenvalue weighted by molar-refractivity contribution is 0.265. The summed E-state index contributed by atoms with van der Waals surface area (Å²) in [5, 5.41) is 12.6. The van der Waals surface area contributed by atoms with Gasteiger partial charge in [-0.25, -0.2) is 4.98 Å². The van der Waals surface area contributed by atoms with Crippen molar-refractivity contribution in [2.75, 3.05) is 11.9 Å². The first kappa shape index (κ1) is 22.0. The fourth-order valence-corrected chi connectivity index (χ4v) is 3.78. The highest BCUT2D eigenvalue weighted by Gasteiger charge is 2.17. The van der Waals surface area contributed by atoms with Gasteiger partial charge in [0.25, 0.3) is 0 Å². The molecule has 1 atom stereocenters. The molecule has 0 unspecified atom stereocenters. The molecule has 0 saturated heterocycles. The Morgan fingerprint density at radius 3 is 2.80 bits per heavy atom. The fraction of sp³-hybridized carbons (Fsp3) is 0.333. The van der Waals surface area contributed by atoms with Crippen molar-refractivity contribution in [3.8, 4) is 0 Å². The summed E-state index contributed by atoms with van der Waals surface area (Å²) in [5.74, 6) is 1.48. The topological polar surface area (TPSA) is 97.2 Å². The van der Waals surface area contributed by atoms with Gasteiger partial charge < -0.3 is 20.6 Å². The van der Waals surface area contributed by atoms with Gasteiger partial charge in [-0.15, -0.1) is 36.2 Å². The SMILES string of the molecule is Cc1c(C[C@@H](N)CO)sc2c(NCc3ccco3)nc(Cl)nc12.Cl.Cl. The third-order valence-corrected chi connectivity index (χ3v) is 5.01. The van der Waals surface area contributed by atoms with Crippen molar-refractivity contribution in [1.29, 1.82) is 0 Å². The molecular formula is C15H19Cl3N4O2S. The number of thiophene rings is 1. The van der Waals surface area contributed by atoms with Crippen molar-refractivity contribution >= 4 is 63.8 Å². The number of nitrogens with zero attached hydrogens (tertiary/aromatic N) is 2. The molecule has 0 bridgehead atoms. The van der Waals surface area contributed by atoms with E-state index in [2.05, 4.69) is 15.3 Å². The van der Waals surface area contributed by atoms with Gasteiger partial charge in [-0.3, -0.25) is 0 Å². The van der Waals surface area contributed by atoms with Crippen molar-refractivity contribution in [1.82, 2.24) is 9.97 Å². The Bertz CT molecular complexity index is 811. The van der Waals surface area contributed by atoms with Crippen LogP contribution in [0, 0.1) is 6.92 Å². The zero-order chi connectivity index (χ0) is 16.4. The molecule has 0 aliphatic rings. The van der Waals surface area contributed by atoms with Crippen molar-refractivity contribution < 1.29 is 9.52 Å². The maximum Gasteiger partial charge on any atom is 0.224 e. The van der Waals surface area contributed by atoms with Crippen LogP contribution in [0.25, 0.3) is 10.2 Å². The Morgan fingerprint density at radius 1 is 1.40 bits per heavy atom. The maximum atomic E-state index is 9.16. The number of nitrogens with two attached hydrogens (primary N) is 1. The van der Waals surface area contributed by atoms with E-state index in [0.717, 1.165) is 26.4 Å². The molecule has 3 aromatic heterocycles. The molecule has 10 heteroatoms. The standard InChI is InChI=1S/C15H17ClN4O2S.2ClH/c1-8-11(5-9(17)7-21)23-13-12(8)19-15(16)20-14(13)18-6-10-3-2-4-22-10;;/h2-4,9,21H,5-7,17H2,1H3,(H,18,19,20);2*1H/t9-;;/m1../s1. The van der Waals surface area contributed by atoms with Crippen molar-refractivity contribution in [3.05, 3.63) is 39.9 Å². The minimum atomic E-state index is -0.287. The minimum Gasteiger partial charge on any atom is -0.467 e. The lowest BCUT2D eigenvalue weighted by atomic mass is 10.1. The van der Waals surface area contributed by atoms with Crippen molar-refractivity contribution in [2.45, 2.75) is 25.9 Å². The van der Waals surface area contributed by atoms with Crippen LogP contribution >= 0.6 is 47.8 Å². The number of aryl methyl sites for hydroxylation is 1. The lowest BCUT2D eigenvalue weighted by Crippen LogP contribution is -2.26. The molecule has 138 valence electrons. The van der Waals surface area contributed by atoms with E-state index in [1.165, 1.54) is 0 Å². The van der Waals surface area contributed by atoms with Crippen LogP contribution in [0.3, 0.4) is 0 Å². The largest absolute Gasteiger partial charge is 0.467 e. The second kappa shape index (κ2) is 9.56. The Kier molecular flexibility index (Phi) is 8.40. The number of aromatic nitrogens is 2. The second-order valence-corrected chi connectivity index (χ2v) is 6.69. The number of furan rings is 1. The second-order valence-electron chi connectivity index (χ2n) is 5.25. The van der Waals surface area contributed by atoms with Gasteiger partial charge in [0, 0.05) is 10.9 Å². The van der Waals surface area contributed by atoms with Gasteiger partial charge in [0.05, 0.1) is 29.6 Å². The van der Waals surface area contributed by atoms with E-state index in [-0.39, 0.29) is 42.7 Å². The van der Waals surface area contributed by atoms with E-state index in [9.17, 15) is 0 Å². The molecule has 25 heavy (non-hydrogen) atoms. The molecule has 0 saturated carbocycles. The summed E-state index contributed by atoms with van der Waals surface area (Å²) in [7, 11) is 0. The lowest BCUT2D eigenvalue weighted by Gasteiger charge is -2.06. The number of hydrogen-bond acceptors (Lipinski definition) is 7. The molecular weight excluding hydrogens is 407 g/mol. The first-order valence-electron chi connectivity index (χ1n) is 7.16. The first-order chi connectivity index (χ1) is 11.1. The van der Waals surface area contributed by atoms with Crippen LogP contribution < -0.4 is 11.1 Å². The summed E-state index contributed by atoms with van der Waals surface area (Å²) in [5.41, 5.74) is 7.70. The van der Waals surface area contributed by atoms with E-state index in [4.69, 9.17) is 26.9 Å². The highest BCUT2D eigenvalue weighted by molar-refractivity contribution is 7.19. The summed E-state index contributed by atoms with van der Waals surface area (Å²) in [6.07, 6.45) is 2.22. The summed E-state index contributed by atoms with van der Waals surface area (Å²) in [6.45, 7) is 2.44. The molecule has 4 N–H and O–H groups in total. The Hall–Kier alpha value is -1.09. The van der Waals surface area contributed by atoms with Crippen LogP contribution in [0.15, 0.2) is 22.8 Å². The third kappa shape index (κ3) is 4.97. The first-order valence-corrected chi connectivity index (χ1v) is 8.36. The monoisotopic (exact) mass is 424 g/mol. The fourth-order valence-electron chi connectivity index (χ4n) is 2.31. The number of aliphatic hydroxyl groups is 1. The van der Waals surface area contributed by atoms with Crippen LogP contribution in [0.5, 0.6) is 0 Å². The molecule has 0 spiro atoms. The summed E-state index contributed by atoms with van der Waals surface area (Å²) < 4.78 is 6.24. The molecule has 0 aliphatic heterocycles. The van der Waals surface area contributed by atoms with E-state index >= 15 is 0 Å². The van der Waals surface area contributed by atoms with Gasteiger partial charge in [-0.05, 0) is 42.6 Å². The van der Waals surface area contributed by atoms with Gasteiger partial charge in [-0.2, -0.15) is 4.98 Å². The molecule has 3 aromatic rings. The molecule has 0 fully saturated rings. The Balaban J connectivity index is 0.00000156. The zero-order valence-electron chi connectivity index (χ0n) is 13.4. The molecule has 0 radical (unpaired) electrons. The molecule has 0 aromatic carbocycles. The molecule has 0 aliphatic carbocycles. The van der Waals surface area contributed by atoms with Gasteiger partial charge in [-0.1, -0.05) is 0 Å². The molecule has 6 nitrogen and oxygen atoms in total. The predicted octanol–water partition coefficient (Wildman–Crippen LogP) is 3.56. The van der Waals surface area contributed by atoms with Gasteiger partial charge in [0.1, 0.15) is 11.6 Å². The van der Waals surface area contributed by atoms with Crippen LogP contribution in [0.1, 0.15) is 16.2 Å². The van der Waals surface area contributed by atoms with E-state index in [0.29, 0.717) is 18.8 Å². The molecule has 0 amide bonds. The zero-order valence-corrected chi connectivity index (χ0v) is 16.6. The number of hydrogen-bond donors (Lipinski definition) is 3. The average molecular weight is 426 g/mol. The smallest absolute Gasteiger partial charge is 0.224 e. The van der Waals surface area contributed by atoms with Crippen LogP contribution in [0.4, 0.5) is 5.82 Å². The van der Waals surface area contributed by atoms with Crippen molar-refractivity contribution in [3.63, 3.8) is 0 Å². The Labute approximate surface area is 166 Å². The highest BCUT2D eigenvalue weighted by atomic mass is 35.5. The summed E-state index contributed by atoms with van der Waals surface area (Å²) >= 11 is 7.63. The average Bonchev–Trinajstić information content (AvgIpc) is 3.15. The van der Waals surface area contributed by atoms with Gasteiger partial charge >= 0.3 is 0 Å². The summed E-state index contributed by atoms with van der Waals surface area (Å²) in [4.78, 5) is 9.70. The summed E-state index contributed by atoms with van der Waals surface area (Å²) in [6, 6.07) is 3.44. The highest BCUT2D eigenvalue weighted by Crippen LogP contribution is 2.35. The minimum absolute atomic E-state index is 0. The van der Waals surface area contributed by atoms with Gasteiger partial charge in [0.15, 0.2) is 0 Å². The number of rotatable bonds is 6. The van der Waals surface area contributed by atoms with Crippen LogP contribution in [-0.4, -0.2) is 27.7 Å². The number of anilines is 1. The number of aliphatic hydroxyl groups excluding tert-OH is 1. The van der Waals surface area contributed by atoms with Gasteiger partial charge in [0.2, 0.25) is 5.28 Å². The van der Waals surface area contributed by atoms with E-state index < -0.39 is 0 Å². The van der Waals surface area contributed by atoms with E-state index in [1.54, 1.807) is 17.6 Å². The number of fused-ring (bicyclic) bond motifs is 1. The van der Waals surface area contributed by atoms with Crippen molar-refractivity contribution in [2.24, 2.45) is 5.73 Å². The molecule has 3 rings (SSSR count). The maximum absolute atomic E-state index is 9.16. The number of halogens is 3. The number of nitrogens with one attached hydrogen (secondary N) is 1. The van der Waals surface area contributed by atoms with E-state index in [1.807, 2.05) is 19.1 Å². The Morgan fingerprint density at radius 2 is 2.16 bits per heavy atom.